The number of hydrogen-bond donors (Lipinski definition) is 0. The smallest absolute Gasteiger partial charge is 0.0212 e. The number of rotatable bonds is 2. The minimum absolute atomic E-state index is 0.278. The van der Waals surface area contributed by atoms with Gasteiger partial charge in [-0.15, -0.1) is 0 Å². The van der Waals surface area contributed by atoms with Gasteiger partial charge >= 0.3 is 0 Å². The van der Waals surface area contributed by atoms with Gasteiger partial charge in [0.15, 0.2) is 0 Å². The Morgan fingerprint density at radius 2 is 1.83 bits per heavy atom. The largest absolute Gasteiger partial charge is 0.0646 e. The van der Waals surface area contributed by atoms with Gasteiger partial charge in [-0.25, -0.2) is 0 Å². The zero-order valence-electron chi connectivity index (χ0n) is 7.89. The van der Waals surface area contributed by atoms with Gasteiger partial charge in [0.1, 0.15) is 0 Å². The Kier molecular flexibility index (Phi) is 2.94. The first-order chi connectivity index (χ1) is 5.58. The molecule has 0 heterocycles. The van der Waals surface area contributed by atoms with Crippen LogP contribution in [0.3, 0.4) is 0 Å². The molecule has 0 saturated carbocycles. The van der Waals surface area contributed by atoms with Crippen molar-refractivity contribution in [2.75, 3.05) is 0 Å². The molecule has 0 N–H and O–H groups in total. The molecular formula is C11H15Br. The fraction of sp³-hybridized carbons (Fsp3) is 0.455. The topological polar surface area (TPSA) is 0 Å². The van der Waals surface area contributed by atoms with Gasteiger partial charge in [0.25, 0.3) is 0 Å². The van der Waals surface area contributed by atoms with E-state index in [4.69, 9.17) is 0 Å². The van der Waals surface area contributed by atoms with Gasteiger partial charge in [-0.3, -0.25) is 0 Å². The van der Waals surface area contributed by atoms with Gasteiger partial charge in [0, 0.05) is 4.47 Å². The van der Waals surface area contributed by atoms with Crippen molar-refractivity contribution in [1.82, 2.24) is 0 Å². The van der Waals surface area contributed by atoms with Gasteiger partial charge in [-0.2, -0.15) is 0 Å². The molecule has 1 rings (SSSR count). The predicted octanol–water partition coefficient (Wildman–Crippen LogP) is 4.14. The highest BCUT2D eigenvalue weighted by Crippen LogP contribution is 2.32. The second-order valence-corrected chi connectivity index (χ2v) is 4.57. The lowest BCUT2D eigenvalue weighted by Crippen LogP contribution is -2.15. The van der Waals surface area contributed by atoms with E-state index < -0.39 is 0 Å². The summed E-state index contributed by atoms with van der Waals surface area (Å²) in [6.45, 7) is 6.76. The molecule has 0 radical (unpaired) electrons. The Balaban J connectivity index is 3.10. The lowest BCUT2D eigenvalue weighted by Gasteiger charge is -2.24. The molecule has 1 aromatic carbocycles. The monoisotopic (exact) mass is 226 g/mol. The van der Waals surface area contributed by atoms with Crippen molar-refractivity contribution >= 4 is 15.9 Å². The van der Waals surface area contributed by atoms with Crippen molar-refractivity contribution in [3.05, 3.63) is 34.3 Å². The summed E-state index contributed by atoms with van der Waals surface area (Å²) in [5.74, 6) is 0. The molecule has 0 aliphatic heterocycles. The van der Waals surface area contributed by atoms with Crippen molar-refractivity contribution in [3.63, 3.8) is 0 Å². The van der Waals surface area contributed by atoms with Crippen LogP contribution in [0.15, 0.2) is 28.7 Å². The van der Waals surface area contributed by atoms with Crippen LogP contribution in [0, 0.1) is 0 Å². The molecule has 0 saturated heterocycles. The van der Waals surface area contributed by atoms with Crippen LogP contribution in [-0.4, -0.2) is 0 Å². The van der Waals surface area contributed by atoms with E-state index in [0.29, 0.717) is 0 Å². The maximum atomic E-state index is 3.57. The van der Waals surface area contributed by atoms with E-state index in [9.17, 15) is 0 Å². The van der Waals surface area contributed by atoms with Gasteiger partial charge in [0.2, 0.25) is 0 Å². The Morgan fingerprint density at radius 1 is 1.25 bits per heavy atom. The lowest BCUT2D eigenvalue weighted by molar-refractivity contribution is 0.504. The van der Waals surface area contributed by atoms with Crippen LogP contribution in [-0.2, 0) is 5.41 Å². The lowest BCUT2D eigenvalue weighted by atomic mass is 9.82. The van der Waals surface area contributed by atoms with E-state index in [1.165, 1.54) is 10.0 Å². The molecule has 0 bridgehead atoms. The predicted molar refractivity (Wildman–Crippen MR) is 57.5 cm³/mol. The van der Waals surface area contributed by atoms with E-state index >= 15 is 0 Å². The fourth-order valence-corrected chi connectivity index (χ4v) is 2.02. The average Bonchev–Trinajstić information content (AvgIpc) is 2.05. The molecule has 0 amide bonds. The van der Waals surface area contributed by atoms with Crippen LogP contribution in [0.5, 0.6) is 0 Å². The molecule has 0 nitrogen and oxygen atoms in total. The normalized spacial score (nSPS) is 11.7. The van der Waals surface area contributed by atoms with E-state index in [0.717, 1.165) is 6.42 Å². The third kappa shape index (κ3) is 1.89. The summed E-state index contributed by atoms with van der Waals surface area (Å²) in [5, 5.41) is 0. The van der Waals surface area contributed by atoms with E-state index in [1.54, 1.807) is 0 Å². The van der Waals surface area contributed by atoms with Crippen LogP contribution in [0.1, 0.15) is 32.8 Å². The number of benzene rings is 1. The minimum Gasteiger partial charge on any atom is -0.0646 e. The Morgan fingerprint density at radius 3 is 2.33 bits per heavy atom. The van der Waals surface area contributed by atoms with Crippen molar-refractivity contribution in [2.24, 2.45) is 0 Å². The molecule has 0 fully saturated rings. The molecule has 66 valence electrons. The second-order valence-electron chi connectivity index (χ2n) is 3.72. The maximum Gasteiger partial charge on any atom is 0.0212 e. The molecular weight excluding hydrogens is 212 g/mol. The zero-order chi connectivity index (χ0) is 9.19. The molecule has 12 heavy (non-hydrogen) atoms. The molecule has 1 aromatic rings. The Bertz CT molecular complexity index is 263. The molecule has 1 heteroatoms. The fourth-order valence-electron chi connectivity index (χ4n) is 1.20. The zero-order valence-corrected chi connectivity index (χ0v) is 9.48. The molecule has 0 aliphatic carbocycles. The highest BCUT2D eigenvalue weighted by Gasteiger charge is 2.19. The van der Waals surface area contributed by atoms with E-state index in [1.807, 2.05) is 0 Å². The number of halogens is 1. The van der Waals surface area contributed by atoms with Crippen LogP contribution in [0.4, 0.5) is 0 Å². The first kappa shape index (κ1) is 9.79. The van der Waals surface area contributed by atoms with Crippen LogP contribution < -0.4 is 0 Å². The van der Waals surface area contributed by atoms with Gasteiger partial charge in [-0.05, 0) is 23.5 Å². The molecule has 0 aromatic heterocycles. The van der Waals surface area contributed by atoms with Crippen LogP contribution >= 0.6 is 15.9 Å². The van der Waals surface area contributed by atoms with Crippen LogP contribution in [0.2, 0.25) is 0 Å². The average molecular weight is 227 g/mol. The Hall–Kier alpha value is -0.300. The summed E-state index contributed by atoms with van der Waals surface area (Å²) >= 11 is 3.57. The second kappa shape index (κ2) is 3.61. The molecule has 0 atom stereocenters. The van der Waals surface area contributed by atoms with Crippen molar-refractivity contribution < 1.29 is 0 Å². The van der Waals surface area contributed by atoms with Crippen LogP contribution in [0.25, 0.3) is 0 Å². The summed E-state index contributed by atoms with van der Waals surface area (Å²) in [5.41, 5.74) is 1.67. The summed E-state index contributed by atoms with van der Waals surface area (Å²) in [4.78, 5) is 0. The summed E-state index contributed by atoms with van der Waals surface area (Å²) in [7, 11) is 0. The minimum atomic E-state index is 0.278. The van der Waals surface area contributed by atoms with E-state index in [2.05, 4.69) is 61.0 Å². The summed E-state index contributed by atoms with van der Waals surface area (Å²) in [6.07, 6.45) is 1.16. The first-order valence-corrected chi connectivity index (χ1v) is 5.12. The quantitative estimate of drug-likeness (QED) is 0.712. The summed E-state index contributed by atoms with van der Waals surface area (Å²) < 4.78 is 1.22. The maximum absolute atomic E-state index is 3.57. The molecule has 0 aliphatic rings. The van der Waals surface area contributed by atoms with Crippen molar-refractivity contribution in [2.45, 2.75) is 32.6 Å². The molecule has 0 spiro atoms. The SMILES string of the molecule is CCC(C)(C)c1ccccc1Br. The van der Waals surface area contributed by atoms with Gasteiger partial charge in [0.05, 0.1) is 0 Å². The number of hydrogen-bond acceptors (Lipinski definition) is 0. The molecule has 0 unspecified atom stereocenters. The highest BCUT2D eigenvalue weighted by molar-refractivity contribution is 9.10. The van der Waals surface area contributed by atoms with Gasteiger partial charge in [-0.1, -0.05) is 54.9 Å². The van der Waals surface area contributed by atoms with Crippen molar-refractivity contribution in [1.29, 1.82) is 0 Å². The first-order valence-electron chi connectivity index (χ1n) is 4.33. The highest BCUT2D eigenvalue weighted by atomic mass is 79.9. The van der Waals surface area contributed by atoms with E-state index in [-0.39, 0.29) is 5.41 Å². The third-order valence-corrected chi connectivity index (χ3v) is 3.18. The summed E-state index contributed by atoms with van der Waals surface area (Å²) in [6, 6.07) is 8.44. The standard InChI is InChI=1S/C11H15Br/c1-4-11(2,3)9-7-5-6-8-10(9)12/h5-8H,4H2,1-3H3. The van der Waals surface area contributed by atoms with Crippen molar-refractivity contribution in [3.8, 4) is 0 Å². The van der Waals surface area contributed by atoms with Gasteiger partial charge < -0.3 is 0 Å². The Labute approximate surface area is 83.1 Å². The third-order valence-electron chi connectivity index (χ3n) is 2.49.